The van der Waals surface area contributed by atoms with Gasteiger partial charge in [-0.25, -0.2) is 8.42 Å². The number of amides is 1. The van der Waals surface area contributed by atoms with E-state index in [2.05, 4.69) is 4.98 Å². The third-order valence-electron chi connectivity index (χ3n) is 4.74. The van der Waals surface area contributed by atoms with Crippen LogP contribution in [0.1, 0.15) is 28.9 Å². The molecule has 0 N–H and O–H groups in total. The highest BCUT2D eigenvalue weighted by atomic mass is 32.2. The number of aryl methyl sites for hydroxylation is 1. The molecule has 0 bridgehead atoms. The van der Waals surface area contributed by atoms with Crippen LogP contribution in [0.3, 0.4) is 0 Å². The first-order valence-corrected chi connectivity index (χ1v) is 10.5. The second kappa shape index (κ2) is 7.59. The van der Waals surface area contributed by atoms with Crippen LogP contribution in [0.25, 0.3) is 0 Å². The fraction of sp³-hybridized carbons (Fsp3) is 0.444. The van der Waals surface area contributed by atoms with Crippen LogP contribution in [-0.2, 0) is 23.6 Å². The first-order valence-electron chi connectivity index (χ1n) is 8.62. The Balaban J connectivity index is 1.79. The highest BCUT2D eigenvalue weighted by Gasteiger charge is 2.33. The number of sulfonamides is 1. The Bertz CT molecular complexity index is 864. The van der Waals surface area contributed by atoms with Crippen LogP contribution < -0.4 is 0 Å². The molecule has 0 saturated carbocycles. The molecule has 7 nitrogen and oxygen atoms in total. The SMILES string of the molecule is Cn1cccc1C(=O)N1CCCC(N(Cc2cccnc2)S(C)(=O)=O)C1. The van der Waals surface area contributed by atoms with Gasteiger partial charge < -0.3 is 9.47 Å². The molecule has 26 heavy (non-hydrogen) atoms. The van der Waals surface area contributed by atoms with Crippen LogP contribution in [0.5, 0.6) is 0 Å². The molecule has 1 fully saturated rings. The van der Waals surface area contributed by atoms with Gasteiger partial charge in [0.1, 0.15) is 5.69 Å². The van der Waals surface area contributed by atoms with E-state index < -0.39 is 10.0 Å². The predicted octanol–water partition coefficient (Wildman–Crippen LogP) is 1.49. The van der Waals surface area contributed by atoms with E-state index in [1.165, 1.54) is 10.6 Å². The zero-order chi connectivity index (χ0) is 18.7. The van der Waals surface area contributed by atoms with Crippen LogP contribution in [0, 0.1) is 0 Å². The van der Waals surface area contributed by atoms with E-state index in [1.807, 2.05) is 25.4 Å². The largest absolute Gasteiger partial charge is 0.347 e. The minimum Gasteiger partial charge on any atom is -0.347 e. The lowest BCUT2D eigenvalue weighted by Crippen LogP contribution is -2.51. The summed E-state index contributed by atoms with van der Waals surface area (Å²) in [6.07, 6.45) is 7.91. The molecule has 1 amide bonds. The molecule has 1 unspecified atom stereocenters. The van der Waals surface area contributed by atoms with Crippen LogP contribution in [-0.4, -0.2) is 58.5 Å². The summed E-state index contributed by atoms with van der Waals surface area (Å²) in [5.74, 6) is -0.0583. The number of carbonyl (C=O) groups is 1. The quantitative estimate of drug-likeness (QED) is 0.792. The zero-order valence-electron chi connectivity index (χ0n) is 15.1. The molecule has 0 aliphatic carbocycles. The predicted molar refractivity (Wildman–Crippen MR) is 99.0 cm³/mol. The fourth-order valence-corrected chi connectivity index (χ4v) is 4.51. The van der Waals surface area contributed by atoms with Crippen LogP contribution in [0.2, 0.25) is 0 Å². The van der Waals surface area contributed by atoms with Gasteiger partial charge in [-0.3, -0.25) is 9.78 Å². The van der Waals surface area contributed by atoms with Gasteiger partial charge in [-0.15, -0.1) is 0 Å². The molecule has 0 radical (unpaired) electrons. The molecule has 140 valence electrons. The van der Waals surface area contributed by atoms with Crippen LogP contribution >= 0.6 is 0 Å². The Morgan fingerprint density at radius 1 is 1.35 bits per heavy atom. The maximum absolute atomic E-state index is 12.8. The fourth-order valence-electron chi connectivity index (χ4n) is 3.41. The average Bonchev–Trinajstić information content (AvgIpc) is 3.05. The Morgan fingerprint density at radius 2 is 2.15 bits per heavy atom. The summed E-state index contributed by atoms with van der Waals surface area (Å²) in [7, 11) is -1.58. The van der Waals surface area contributed by atoms with Gasteiger partial charge >= 0.3 is 0 Å². The first-order chi connectivity index (χ1) is 12.4. The van der Waals surface area contributed by atoms with Crippen molar-refractivity contribution in [3.05, 3.63) is 54.1 Å². The van der Waals surface area contributed by atoms with Gasteiger partial charge in [0, 0.05) is 51.3 Å². The number of carbonyl (C=O) groups excluding carboxylic acids is 1. The number of nitrogens with zero attached hydrogens (tertiary/aromatic N) is 4. The summed E-state index contributed by atoms with van der Waals surface area (Å²) < 4.78 is 28.1. The van der Waals surface area contributed by atoms with E-state index in [4.69, 9.17) is 0 Å². The molecule has 1 aliphatic rings. The van der Waals surface area contributed by atoms with Crippen LogP contribution in [0.15, 0.2) is 42.9 Å². The number of hydrogen-bond donors (Lipinski definition) is 0. The van der Waals surface area contributed by atoms with Crippen molar-refractivity contribution in [3.63, 3.8) is 0 Å². The van der Waals surface area contributed by atoms with Crippen molar-refractivity contribution in [3.8, 4) is 0 Å². The summed E-state index contributed by atoms with van der Waals surface area (Å²) in [6, 6.07) is 7.04. The van der Waals surface area contributed by atoms with Crippen molar-refractivity contribution >= 4 is 15.9 Å². The Kier molecular flexibility index (Phi) is 5.43. The Morgan fingerprint density at radius 3 is 2.77 bits per heavy atom. The zero-order valence-corrected chi connectivity index (χ0v) is 15.9. The van der Waals surface area contributed by atoms with E-state index in [0.717, 1.165) is 18.4 Å². The minimum absolute atomic E-state index is 0.0583. The maximum Gasteiger partial charge on any atom is 0.270 e. The van der Waals surface area contributed by atoms with E-state index in [-0.39, 0.29) is 18.5 Å². The van der Waals surface area contributed by atoms with Crippen molar-refractivity contribution in [2.24, 2.45) is 7.05 Å². The average molecular weight is 376 g/mol. The molecule has 8 heteroatoms. The van der Waals surface area contributed by atoms with E-state index >= 15 is 0 Å². The summed E-state index contributed by atoms with van der Waals surface area (Å²) in [6.45, 7) is 1.31. The number of pyridine rings is 1. The topological polar surface area (TPSA) is 75.5 Å². The smallest absolute Gasteiger partial charge is 0.270 e. The first kappa shape index (κ1) is 18.6. The second-order valence-corrected chi connectivity index (χ2v) is 8.66. The number of likely N-dealkylation sites (tertiary alicyclic amines) is 1. The molecule has 3 heterocycles. The molecule has 1 atom stereocenters. The number of aromatic nitrogens is 2. The second-order valence-electron chi connectivity index (χ2n) is 6.72. The standard InChI is InChI=1S/C18H24N4O3S/c1-20-10-5-8-17(20)18(23)21-11-4-7-16(14-21)22(26(2,24)25)13-15-6-3-9-19-12-15/h3,5-6,8-10,12,16H,4,7,11,13-14H2,1-2H3. The van der Waals surface area contributed by atoms with Gasteiger partial charge in [-0.05, 0) is 36.6 Å². The van der Waals surface area contributed by atoms with Crippen molar-refractivity contribution in [1.29, 1.82) is 0 Å². The summed E-state index contributed by atoms with van der Waals surface area (Å²) in [4.78, 5) is 18.6. The third-order valence-corrected chi connectivity index (χ3v) is 6.02. The lowest BCUT2D eigenvalue weighted by molar-refractivity contribution is 0.0641. The Labute approximate surface area is 154 Å². The molecule has 2 aromatic heterocycles. The van der Waals surface area contributed by atoms with Crippen molar-refractivity contribution in [2.45, 2.75) is 25.4 Å². The number of piperidine rings is 1. The third kappa shape index (κ3) is 4.13. The summed E-state index contributed by atoms with van der Waals surface area (Å²) in [5, 5.41) is 0. The summed E-state index contributed by atoms with van der Waals surface area (Å²) in [5.41, 5.74) is 1.45. The molecule has 0 spiro atoms. The van der Waals surface area contributed by atoms with Gasteiger partial charge in [-0.2, -0.15) is 4.31 Å². The van der Waals surface area contributed by atoms with E-state index in [0.29, 0.717) is 18.8 Å². The highest BCUT2D eigenvalue weighted by Crippen LogP contribution is 2.22. The van der Waals surface area contributed by atoms with Crippen molar-refractivity contribution in [1.82, 2.24) is 18.8 Å². The van der Waals surface area contributed by atoms with E-state index in [1.54, 1.807) is 34.0 Å². The van der Waals surface area contributed by atoms with Gasteiger partial charge in [0.25, 0.3) is 5.91 Å². The molecule has 1 aliphatic heterocycles. The van der Waals surface area contributed by atoms with Gasteiger partial charge in [0.2, 0.25) is 10.0 Å². The minimum atomic E-state index is -3.41. The molecule has 1 saturated heterocycles. The number of rotatable bonds is 5. The lowest BCUT2D eigenvalue weighted by Gasteiger charge is -2.38. The van der Waals surface area contributed by atoms with E-state index in [9.17, 15) is 13.2 Å². The van der Waals surface area contributed by atoms with Crippen molar-refractivity contribution in [2.75, 3.05) is 19.3 Å². The van der Waals surface area contributed by atoms with Gasteiger partial charge in [0.15, 0.2) is 0 Å². The molecular formula is C18H24N4O3S. The van der Waals surface area contributed by atoms with Crippen LogP contribution in [0.4, 0.5) is 0 Å². The van der Waals surface area contributed by atoms with Gasteiger partial charge in [0.05, 0.1) is 6.26 Å². The number of hydrogen-bond acceptors (Lipinski definition) is 4. The normalized spacial score (nSPS) is 18.3. The highest BCUT2D eigenvalue weighted by molar-refractivity contribution is 7.88. The molecule has 0 aromatic carbocycles. The van der Waals surface area contributed by atoms with Crippen molar-refractivity contribution < 1.29 is 13.2 Å². The molecule has 3 rings (SSSR count). The van der Waals surface area contributed by atoms with Gasteiger partial charge in [-0.1, -0.05) is 6.07 Å². The maximum atomic E-state index is 12.8. The Hall–Kier alpha value is -2.19. The molecule has 2 aromatic rings. The molecular weight excluding hydrogens is 352 g/mol. The summed E-state index contributed by atoms with van der Waals surface area (Å²) >= 11 is 0. The lowest BCUT2D eigenvalue weighted by atomic mass is 10.0. The monoisotopic (exact) mass is 376 g/mol.